The molecule has 0 atom stereocenters. The lowest BCUT2D eigenvalue weighted by atomic mass is 9.95. The molecule has 2 heterocycles. The van der Waals surface area contributed by atoms with Crippen LogP contribution in [0, 0.1) is 0 Å². The van der Waals surface area contributed by atoms with Crippen molar-refractivity contribution in [2.24, 2.45) is 5.73 Å². The number of rotatable bonds is 5. The molecule has 4 nitrogen and oxygen atoms in total. The highest BCUT2D eigenvalue weighted by molar-refractivity contribution is 8.00. The minimum atomic E-state index is 0.319. The van der Waals surface area contributed by atoms with Crippen LogP contribution in [0.3, 0.4) is 0 Å². The zero-order valence-electron chi connectivity index (χ0n) is 13.1. The summed E-state index contributed by atoms with van der Waals surface area (Å²) in [5.74, 6) is 0. The van der Waals surface area contributed by atoms with E-state index in [0.717, 1.165) is 26.2 Å². The molecule has 118 valence electrons. The maximum absolute atomic E-state index is 5.96. The molecule has 2 aliphatic rings. The van der Waals surface area contributed by atoms with Crippen LogP contribution in [0.2, 0.25) is 0 Å². The fourth-order valence-electron chi connectivity index (χ4n) is 3.67. The molecule has 0 amide bonds. The Labute approximate surface area is 132 Å². The second-order valence-electron chi connectivity index (χ2n) is 6.59. The normalized spacial score (nSPS) is 23.7. The van der Waals surface area contributed by atoms with E-state index in [0.29, 0.717) is 10.8 Å². The van der Waals surface area contributed by atoms with Crippen molar-refractivity contribution in [1.29, 1.82) is 0 Å². The van der Waals surface area contributed by atoms with Gasteiger partial charge in [0.15, 0.2) is 0 Å². The van der Waals surface area contributed by atoms with E-state index in [1.807, 2.05) is 11.8 Å². The van der Waals surface area contributed by atoms with Crippen LogP contribution in [-0.2, 0) is 6.54 Å². The summed E-state index contributed by atoms with van der Waals surface area (Å²) in [4.78, 5) is 2.53. The zero-order chi connectivity index (χ0) is 14.7. The van der Waals surface area contributed by atoms with E-state index >= 15 is 0 Å². The molecule has 2 N–H and O–H groups in total. The molecule has 1 aliphatic heterocycles. The van der Waals surface area contributed by atoms with Gasteiger partial charge in [0.05, 0.1) is 11.7 Å². The summed E-state index contributed by atoms with van der Waals surface area (Å²) in [5, 5.41) is 4.81. The van der Waals surface area contributed by atoms with Gasteiger partial charge in [-0.25, -0.2) is 0 Å². The summed E-state index contributed by atoms with van der Waals surface area (Å²) in [7, 11) is 0. The number of aromatic nitrogens is 2. The second-order valence-corrected chi connectivity index (χ2v) is 7.87. The first-order valence-electron chi connectivity index (χ1n) is 8.26. The fraction of sp³-hybridized carbons (Fsp3) is 0.812. The van der Waals surface area contributed by atoms with E-state index in [9.17, 15) is 0 Å². The highest BCUT2D eigenvalue weighted by Crippen LogP contribution is 2.34. The maximum Gasteiger partial charge on any atom is 0.0764 e. The third kappa shape index (κ3) is 3.46. The maximum atomic E-state index is 5.96. The number of hydrogen-bond acceptors (Lipinski definition) is 4. The minimum Gasteiger partial charge on any atom is -0.329 e. The van der Waals surface area contributed by atoms with Crippen LogP contribution >= 0.6 is 11.8 Å². The molecule has 1 aromatic heterocycles. The molecule has 21 heavy (non-hydrogen) atoms. The molecule has 1 aliphatic carbocycles. The molecule has 0 spiro atoms. The number of likely N-dealkylation sites (tertiary alicyclic amines) is 1. The standard InChI is InChI=1S/C16H28N4S/c1-21-16(13-17)7-10-19(11-8-16)12-14-6-9-20(18-14)15-4-2-3-5-15/h6,9,15H,2-5,7-8,10-13,17H2,1H3. The Hall–Kier alpha value is -0.520. The molecule has 0 aromatic carbocycles. The molecule has 0 radical (unpaired) electrons. The van der Waals surface area contributed by atoms with Gasteiger partial charge in [0.25, 0.3) is 0 Å². The van der Waals surface area contributed by atoms with Crippen LogP contribution in [0.5, 0.6) is 0 Å². The predicted octanol–water partition coefficient (Wildman–Crippen LogP) is 2.65. The quantitative estimate of drug-likeness (QED) is 0.908. The van der Waals surface area contributed by atoms with Crippen molar-refractivity contribution < 1.29 is 0 Å². The fourth-order valence-corrected chi connectivity index (χ4v) is 4.43. The van der Waals surface area contributed by atoms with Crippen LogP contribution in [0.15, 0.2) is 12.3 Å². The summed E-state index contributed by atoms with van der Waals surface area (Å²) in [6.07, 6.45) is 12.1. The molecule has 1 saturated carbocycles. The van der Waals surface area contributed by atoms with E-state index in [4.69, 9.17) is 10.8 Å². The average molecular weight is 308 g/mol. The second kappa shape index (κ2) is 6.71. The Balaban J connectivity index is 1.53. The lowest BCUT2D eigenvalue weighted by Crippen LogP contribution is -2.46. The summed E-state index contributed by atoms with van der Waals surface area (Å²) >= 11 is 1.95. The molecule has 1 saturated heterocycles. The molecule has 5 heteroatoms. The number of thioether (sulfide) groups is 1. The van der Waals surface area contributed by atoms with E-state index in [1.165, 1.54) is 44.2 Å². The third-order valence-electron chi connectivity index (χ3n) is 5.32. The van der Waals surface area contributed by atoms with Crippen LogP contribution in [-0.4, -0.2) is 45.3 Å². The number of hydrogen-bond donors (Lipinski definition) is 1. The Morgan fingerprint density at radius 2 is 2.05 bits per heavy atom. The summed E-state index contributed by atoms with van der Waals surface area (Å²) < 4.78 is 2.53. The first-order chi connectivity index (χ1) is 10.2. The van der Waals surface area contributed by atoms with Gasteiger partial charge in [-0.2, -0.15) is 16.9 Å². The number of piperidine rings is 1. The average Bonchev–Trinajstić information content (AvgIpc) is 3.19. The largest absolute Gasteiger partial charge is 0.329 e. The summed E-state index contributed by atoms with van der Waals surface area (Å²) in [6.45, 7) is 4.09. The molecular weight excluding hydrogens is 280 g/mol. The van der Waals surface area contributed by atoms with Gasteiger partial charge < -0.3 is 5.73 Å². The minimum absolute atomic E-state index is 0.319. The molecule has 1 aromatic rings. The molecule has 0 bridgehead atoms. The Morgan fingerprint density at radius 1 is 1.33 bits per heavy atom. The number of nitrogens with zero attached hydrogens (tertiary/aromatic N) is 3. The van der Waals surface area contributed by atoms with Crippen molar-refractivity contribution in [3.05, 3.63) is 18.0 Å². The van der Waals surface area contributed by atoms with Crippen molar-refractivity contribution in [3.63, 3.8) is 0 Å². The molecule has 0 unspecified atom stereocenters. The topological polar surface area (TPSA) is 47.1 Å². The predicted molar refractivity (Wildman–Crippen MR) is 89.5 cm³/mol. The molecule has 3 rings (SSSR count). The smallest absolute Gasteiger partial charge is 0.0764 e. The molecular formula is C16H28N4S. The van der Waals surface area contributed by atoms with Crippen molar-refractivity contribution >= 4 is 11.8 Å². The summed E-state index contributed by atoms with van der Waals surface area (Å²) in [5.41, 5.74) is 7.19. The number of nitrogens with two attached hydrogens (primary N) is 1. The Kier molecular flexibility index (Phi) is 4.92. The van der Waals surface area contributed by atoms with Gasteiger partial charge in [-0.3, -0.25) is 9.58 Å². The van der Waals surface area contributed by atoms with E-state index in [-0.39, 0.29) is 0 Å². The lowest BCUT2D eigenvalue weighted by molar-refractivity contribution is 0.192. The zero-order valence-corrected chi connectivity index (χ0v) is 13.9. The highest BCUT2D eigenvalue weighted by Gasteiger charge is 2.32. The van der Waals surface area contributed by atoms with Crippen molar-refractivity contribution in [1.82, 2.24) is 14.7 Å². The van der Waals surface area contributed by atoms with Crippen molar-refractivity contribution in [3.8, 4) is 0 Å². The first kappa shape index (κ1) is 15.4. The third-order valence-corrected chi connectivity index (χ3v) is 6.76. The van der Waals surface area contributed by atoms with Crippen molar-refractivity contribution in [2.45, 2.75) is 55.9 Å². The van der Waals surface area contributed by atoms with Crippen LogP contribution in [0.4, 0.5) is 0 Å². The Bertz CT molecular complexity index is 439. The molecule has 2 fully saturated rings. The van der Waals surface area contributed by atoms with Gasteiger partial charge in [0.2, 0.25) is 0 Å². The van der Waals surface area contributed by atoms with Gasteiger partial charge in [0, 0.05) is 24.0 Å². The van der Waals surface area contributed by atoms with E-state index < -0.39 is 0 Å². The Morgan fingerprint density at radius 3 is 2.67 bits per heavy atom. The van der Waals surface area contributed by atoms with Gasteiger partial charge in [0.1, 0.15) is 0 Å². The van der Waals surface area contributed by atoms with Gasteiger partial charge >= 0.3 is 0 Å². The SMILES string of the molecule is CSC1(CN)CCN(Cc2ccn(C3CCCC3)n2)CC1. The van der Waals surface area contributed by atoms with Crippen LogP contribution < -0.4 is 5.73 Å². The van der Waals surface area contributed by atoms with Gasteiger partial charge in [-0.05, 0) is 51.1 Å². The lowest BCUT2D eigenvalue weighted by Gasteiger charge is -2.39. The monoisotopic (exact) mass is 308 g/mol. The van der Waals surface area contributed by atoms with E-state index in [2.05, 4.69) is 28.1 Å². The van der Waals surface area contributed by atoms with E-state index in [1.54, 1.807) is 0 Å². The van der Waals surface area contributed by atoms with Crippen LogP contribution in [0.1, 0.15) is 50.3 Å². The summed E-state index contributed by atoms with van der Waals surface area (Å²) in [6, 6.07) is 2.86. The highest BCUT2D eigenvalue weighted by atomic mass is 32.2. The van der Waals surface area contributed by atoms with Gasteiger partial charge in [-0.1, -0.05) is 12.8 Å². The van der Waals surface area contributed by atoms with Gasteiger partial charge in [-0.15, -0.1) is 0 Å². The van der Waals surface area contributed by atoms with Crippen LogP contribution in [0.25, 0.3) is 0 Å². The van der Waals surface area contributed by atoms with Crippen molar-refractivity contribution in [2.75, 3.05) is 25.9 Å². The first-order valence-corrected chi connectivity index (χ1v) is 9.49.